The van der Waals surface area contributed by atoms with Crippen molar-refractivity contribution in [3.05, 3.63) is 35.9 Å². The molecule has 0 spiro atoms. The minimum Gasteiger partial charge on any atom is -0.326 e. The Bertz CT molecular complexity index is 315. The number of hydrogen-bond acceptors (Lipinski definition) is 3. The van der Waals surface area contributed by atoms with Crippen molar-refractivity contribution in [1.29, 1.82) is 0 Å². The lowest BCUT2D eigenvalue weighted by atomic mass is 10.0. The number of benzene rings is 1. The average Bonchev–Trinajstić information content (AvgIpc) is 2.29. The van der Waals surface area contributed by atoms with Gasteiger partial charge in [0.1, 0.15) is 0 Å². The zero-order chi connectivity index (χ0) is 12.1. The number of piperidine rings is 1. The van der Waals surface area contributed by atoms with Crippen molar-refractivity contribution in [1.82, 2.24) is 4.90 Å². The zero-order valence-corrected chi connectivity index (χ0v) is 10.4. The van der Waals surface area contributed by atoms with Crippen molar-refractivity contribution < 1.29 is 0 Å². The van der Waals surface area contributed by atoms with E-state index in [1.165, 1.54) is 12.0 Å². The van der Waals surface area contributed by atoms with Crippen LogP contribution in [0.2, 0.25) is 0 Å². The summed E-state index contributed by atoms with van der Waals surface area (Å²) in [6.45, 7) is 3.11. The second-order valence-electron chi connectivity index (χ2n) is 5.10. The first kappa shape index (κ1) is 12.6. The molecule has 1 aromatic carbocycles. The number of nitrogens with zero attached hydrogens (tertiary/aromatic N) is 1. The van der Waals surface area contributed by atoms with E-state index >= 15 is 0 Å². The second-order valence-corrected chi connectivity index (χ2v) is 5.10. The zero-order valence-electron chi connectivity index (χ0n) is 10.4. The third-order valence-electron chi connectivity index (χ3n) is 3.37. The Morgan fingerprint density at radius 2 is 1.71 bits per heavy atom. The van der Waals surface area contributed by atoms with Crippen molar-refractivity contribution in [3.63, 3.8) is 0 Å². The van der Waals surface area contributed by atoms with E-state index in [4.69, 9.17) is 11.5 Å². The fraction of sp³-hybridized carbons (Fsp3) is 0.571. The van der Waals surface area contributed by atoms with Gasteiger partial charge in [0.05, 0.1) is 0 Å². The van der Waals surface area contributed by atoms with Gasteiger partial charge in [-0.3, -0.25) is 0 Å². The van der Waals surface area contributed by atoms with Crippen molar-refractivity contribution in [2.24, 2.45) is 11.5 Å². The summed E-state index contributed by atoms with van der Waals surface area (Å²) in [4.78, 5) is 2.40. The van der Waals surface area contributed by atoms with Crippen molar-refractivity contribution in [3.8, 4) is 0 Å². The van der Waals surface area contributed by atoms with Gasteiger partial charge < -0.3 is 16.4 Å². The Hall–Kier alpha value is -0.900. The van der Waals surface area contributed by atoms with Crippen molar-refractivity contribution in [2.45, 2.75) is 31.3 Å². The molecule has 1 saturated heterocycles. The molecular weight excluding hydrogens is 210 g/mol. The lowest BCUT2D eigenvalue weighted by Gasteiger charge is -2.34. The molecule has 2 atom stereocenters. The smallest absolute Gasteiger partial charge is 0.0183 e. The Morgan fingerprint density at radius 3 is 2.35 bits per heavy atom. The van der Waals surface area contributed by atoms with Gasteiger partial charge in [-0.25, -0.2) is 0 Å². The second kappa shape index (κ2) is 6.15. The number of hydrogen-bond donors (Lipinski definition) is 2. The molecule has 17 heavy (non-hydrogen) atoms. The Kier molecular flexibility index (Phi) is 4.54. The van der Waals surface area contributed by atoms with Gasteiger partial charge in [0.25, 0.3) is 0 Å². The van der Waals surface area contributed by atoms with Gasteiger partial charge in [0, 0.05) is 25.2 Å². The van der Waals surface area contributed by atoms with E-state index in [9.17, 15) is 0 Å². The molecule has 1 heterocycles. The predicted octanol–water partition coefficient (Wildman–Crippen LogP) is 0.980. The van der Waals surface area contributed by atoms with Gasteiger partial charge in [0.15, 0.2) is 0 Å². The molecule has 0 amide bonds. The first-order valence-electron chi connectivity index (χ1n) is 6.51. The summed E-state index contributed by atoms with van der Waals surface area (Å²) in [5.41, 5.74) is 13.4. The fourth-order valence-electron chi connectivity index (χ4n) is 2.61. The predicted molar refractivity (Wildman–Crippen MR) is 71.8 cm³/mol. The van der Waals surface area contributed by atoms with Gasteiger partial charge >= 0.3 is 0 Å². The summed E-state index contributed by atoms with van der Waals surface area (Å²) in [5.74, 6) is 0. The molecule has 94 valence electrons. The van der Waals surface area contributed by atoms with Crippen LogP contribution in [0, 0.1) is 0 Å². The van der Waals surface area contributed by atoms with E-state index in [-0.39, 0.29) is 12.1 Å². The largest absolute Gasteiger partial charge is 0.326 e. The third kappa shape index (κ3) is 4.11. The van der Waals surface area contributed by atoms with Crippen LogP contribution in [-0.4, -0.2) is 36.6 Å². The molecule has 1 fully saturated rings. The monoisotopic (exact) mass is 233 g/mol. The minimum absolute atomic E-state index is 0.260. The number of aryl methyl sites for hydroxylation is 1. The van der Waals surface area contributed by atoms with Crippen molar-refractivity contribution >= 4 is 0 Å². The van der Waals surface area contributed by atoms with Crippen molar-refractivity contribution in [2.75, 3.05) is 19.6 Å². The van der Waals surface area contributed by atoms with Crippen LogP contribution < -0.4 is 11.5 Å². The molecule has 4 N–H and O–H groups in total. The topological polar surface area (TPSA) is 55.3 Å². The molecule has 3 nitrogen and oxygen atoms in total. The van der Waals surface area contributed by atoms with Crippen LogP contribution in [0.3, 0.4) is 0 Å². The molecule has 0 aliphatic carbocycles. The first-order chi connectivity index (χ1) is 8.24. The molecule has 2 rings (SSSR count). The minimum atomic E-state index is 0.260. The highest BCUT2D eigenvalue weighted by atomic mass is 15.2. The molecule has 0 radical (unpaired) electrons. The molecule has 1 aliphatic heterocycles. The normalized spacial score (nSPS) is 26.0. The third-order valence-corrected chi connectivity index (χ3v) is 3.37. The highest BCUT2D eigenvalue weighted by Crippen LogP contribution is 2.09. The SMILES string of the molecule is N[C@@H]1C[C@H](N)CN(CCCc2ccccc2)C1. The quantitative estimate of drug-likeness (QED) is 0.815. The Labute approximate surface area is 104 Å². The maximum absolute atomic E-state index is 5.98. The van der Waals surface area contributed by atoms with Crippen LogP contribution in [-0.2, 0) is 6.42 Å². The van der Waals surface area contributed by atoms with E-state index in [0.29, 0.717) is 0 Å². The summed E-state index contributed by atoms with van der Waals surface area (Å²) in [6.07, 6.45) is 3.29. The fourth-order valence-corrected chi connectivity index (χ4v) is 2.61. The summed E-state index contributed by atoms with van der Waals surface area (Å²) >= 11 is 0. The van der Waals surface area contributed by atoms with E-state index < -0.39 is 0 Å². The number of rotatable bonds is 4. The summed E-state index contributed by atoms with van der Waals surface area (Å²) in [5, 5.41) is 0. The standard InChI is InChI=1S/C14H23N3/c15-13-9-14(16)11-17(10-13)8-4-7-12-5-2-1-3-6-12/h1-3,5-6,13-14H,4,7-11,15-16H2/t13-,14+. The van der Waals surface area contributed by atoms with Crippen LogP contribution in [0.25, 0.3) is 0 Å². The maximum Gasteiger partial charge on any atom is 0.0183 e. The van der Waals surface area contributed by atoms with Gasteiger partial charge in [-0.05, 0) is 31.4 Å². The highest BCUT2D eigenvalue weighted by Gasteiger charge is 2.21. The van der Waals surface area contributed by atoms with Gasteiger partial charge in [-0.15, -0.1) is 0 Å². The summed E-state index contributed by atoms with van der Waals surface area (Å²) in [7, 11) is 0. The van der Waals surface area contributed by atoms with Crippen LogP contribution in [0.4, 0.5) is 0 Å². The summed E-state index contributed by atoms with van der Waals surface area (Å²) in [6, 6.07) is 11.2. The highest BCUT2D eigenvalue weighted by molar-refractivity contribution is 5.14. The molecule has 3 heteroatoms. The van der Waals surface area contributed by atoms with E-state index in [1.54, 1.807) is 0 Å². The summed E-state index contributed by atoms with van der Waals surface area (Å²) < 4.78 is 0. The van der Waals surface area contributed by atoms with Gasteiger partial charge in [-0.1, -0.05) is 30.3 Å². The van der Waals surface area contributed by atoms with Crippen LogP contribution in [0.1, 0.15) is 18.4 Å². The molecular formula is C14H23N3. The van der Waals surface area contributed by atoms with Crippen LogP contribution in [0.5, 0.6) is 0 Å². The number of likely N-dealkylation sites (tertiary alicyclic amines) is 1. The Morgan fingerprint density at radius 1 is 1.06 bits per heavy atom. The molecule has 0 unspecified atom stereocenters. The maximum atomic E-state index is 5.98. The molecule has 1 aromatic rings. The van der Waals surface area contributed by atoms with Crippen LogP contribution >= 0.6 is 0 Å². The molecule has 0 saturated carbocycles. The average molecular weight is 233 g/mol. The Balaban J connectivity index is 1.71. The first-order valence-corrected chi connectivity index (χ1v) is 6.51. The van der Waals surface area contributed by atoms with Gasteiger partial charge in [0.2, 0.25) is 0 Å². The number of nitrogens with two attached hydrogens (primary N) is 2. The van der Waals surface area contributed by atoms with Gasteiger partial charge in [-0.2, -0.15) is 0 Å². The van der Waals surface area contributed by atoms with E-state index in [2.05, 4.69) is 35.2 Å². The van der Waals surface area contributed by atoms with Crippen LogP contribution in [0.15, 0.2) is 30.3 Å². The lowest BCUT2D eigenvalue weighted by molar-refractivity contribution is 0.188. The molecule has 0 bridgehead atoms. The lowest BCUT2D eigenvalue weighted by Crippen LogP contribution is -2.52. The molecule has 1 aliphatic rings. The van der Waals surface area contributed by atoms with E-state index in [0.717, 1.165) is 32.5 Å². The molecule has 0 aromatic heterocycles. The van der Waals surface area contributed by atoms with E-state index in [1.807, 2.05) is 0 Å².